The molecule has 1 aromatic rings. The minimum atomic E-state index is -0.444. The van der Waals surface area contributed by atoms with Crippen LogP contribution in [0.4, 0.5) is 0 Å². The molecular weight excluding hydrogens is 328 g/mol. The van der Waals surface area contributed by atoms with Gasteiger partial charge >= 0.3 is 0 Å². The third-order valence-corrected chi connectivity index (χ3v) is 5.77. The standard InChI is InChI=1S/C21H32N2O3/c1-18(26-16-19-8-4-2-5-9-19)20(24)22-17-21(10-6-3-7-11-21)23-12-14-25-15-13-23/h2,4-5,8-9,18H,3,6-7,10-17H2,1H3,(H,22,24)/t18-/m1/s1. The van der Waals surface area contributed by atoms with Gasteiger partial charge in [-0.3, -0.25) is 9.69 Å². The monoisotopic (exact) mass is 360 g/mol. The van der Waals surface area contributed by atoms with Crippen LogP contribution in [0.25, 0.3) is 0 Å². The average molecular weight is 360 g/mol. The van der Waals surface area contributed by atoms with Crippen LogP contribution < -0.4 is 5.32 Å². The Bertz CT molecular complexity index is 552. The van der Waals surface area contributed by atoms with E-state index in [1.54, 1.807) is 0 Å². The van der Waals surface area contributed by atoms with Crippen LogP contribution in [0.5, 0.6) is 0 Å². The van der Waals surface area contributed by atoms with Crippen LogP contribution in [0.3, 0.4) is 0 Å². The van der Waals surface area contributed by atoms with Crippen LogP contribution in [0.2, 0.25) is 0 Å². The fraction of sp³-hybridized carbons (Fsp3) is 0.667. The van der Waals surface area contributed by atoms with Crippen LogP contribution in [-0.4, -0.2) is 55.3 Å². The van der Waals surface area contributed by atoms with Gasteiger partial charge in [0.2, 0.25) is 5.91 Å². The summed E-state index contributed by atoms with van der Waals surface area (Å²) in [6.45, 7) is 6.54. The van der Waals surface area contributed by atoms with Crippen LogP contribution >= 0.6 is 0 Å². The SMILES string of the molecule is C[C@@H](OCc1ccccc1)C(=O)NCC1(N2CCOCC2)CCCCC1. The highest BCUT2D eigenvalue weighted by Gasteiger charge is 2.39. The molecule has 1 saturated carbocycles. The number of carbonyl (C=O) groups excluding carboxylic acids is 1. The van der Waals surface area contributed by atoms with E-state index < -0.39 is 6.10 Å². The number of nitrogens with zero attached hydrogens (tertiary/aromatic N) is 1. The summed E-state index contributed by atoms with van der Waals surface area (Å²) in [7, 11) is 0. The first-order chi connectivity index (χ1) is 12.7. The van der Waals surface area contributed by atoms with E-state index >= 15 is 0 Å². The minimum Gasteiger partial charge on any atom is -0.379 e. The number of ether oxygens (including phenoxy) is 2. The highest BCUT2D eigenvalue weighted by molar-refractivity contribution is 5.80. The van der Waals surface area contributed by atoms with E-state index in [2.05, 4.69) is 10.2 Å². The van der Waals surface area contributed by atoms with Crippen LogP contribution in [0.1, 0.15) is 44.6 Å². The molecule has 0 spiro atoms. The molecule has 3 rings (SSSR count). The Morgan fingerprint density at radius 3 is 2.58 bits per heavy atom. The molecular formula is C21H32N2O3. The normalized spacial score (nSPS) is 21.9. The van der Waals surface area contributed by atoms with Crippen molar-refractivity contribution in [3.63, 3.8) is 0 Å². The Kier molecular flexibility index (Phi) is 7.06. The van der Waals surface area contributed by atoms with E-state index in [4.69, 9.17) is 9.47 Å². The molecule has 144 valence electrons. The van der Waals surface area contributed by atoms with Gasteiger partial charge in [0.15, 0.2) is 0 Å². The number of nitrogens with one attached hydrogen (secondary N) is 1. The number of hydrogen-bond acceptors (Lipinski definition) is 4. The van der Waals surface area contributed by atoms with Gasteiger partial charge in [-0.1, -0.05) is 49.6 Å². The fourth-order valence-corrected chi connectivity index (χ4v) is 4.12. The number of morpholine rings is 1. The number of amides is 1. The van der Waals surface area contributed by atoms with Crippen molar-refractivity contribution in [2.75, 3.05) is 32.8 Å². The summed E-state index contributed by atoms with van der Waals surface area (Å²) in [4.78, 5) is 15.1. The Balaban J connectivity index is 1.51. The van der Waals surface area contributed by atoms with Crippen molar-refractivity contribution < 1.29 is 14.3 Å². The van der Waals surface area contributed by atoms with Gasteiger partial charge in [0.25, 0.3) is 0 Å². The van der Waals surface area contributed by atoms with E-state index in [0.29, 0.717) is 13.2 Å². The number of carbonyl (C=O) groups is 1. The van der Waals surface area contributed by atoms with Gasteiger partial charge in [-0.25, -0.2) is 0 Å². The van der Waals surface area contributed by atoms with E-state index in [9.17, 15) is 4.79 Å². The van der Waals surface area contributed by atoms with Crippen molar-refractivity contribution in [1.82, 2.24) is 10.2 Å². The summed E-state index contributed by atoms with van der Waals surface area (Å²) in [5.41, 5.74) is 1.18. The van der Waals surface area contributed by atoms with Crippen molar-refractivity contribution in [2.24, 2.45) is 0 Å². The molecule has 5 heteroatoms. The zero-order valence-corrected chi connectivity index (χ0v) is 15.9. The number of hydrogen-bond donors (Lipinski definition) is 1. The molecule has 1 aliphatic carbocycles. The lowest BCUT2D eigenvalue weighted by molar-refractivity contribution is -0.133. The summed E-state index contributed by atoms with van der Waals surface area (Å²) < 4.78 is 11.3. The van der Waals surface area contributed by atoms with Gasteiger partial charge in [-0.05, 0) is 25.3 Å². The zero-order chi connectivity index (χ0) is 18.2. The molecule has 1 N–H and O–H groups in total. The zero-order valence-electron chi connectivity index (χ0n) is 15.9. The molecule has 1 aliphatic heterocycles. The maximum atomic E-state index is 12.6. The Hall–Kier alpha value is -1.43. The maximum Gasteiger partial charge on any atom is 0.248 e. The summed E-state index contributed by atoms with van der Waals surface area (Å²) in [6.07, 6.45) is 5.66. The van der Waals surface area contributed by atoms with E-state index in [1.165, 1.54) is 19.3 Å². The first kappa shape index (κ1) is 19.3. The quantitative estimate of drug-likeness (QED) is 0.812. The number of rotatable bonds is 7. The average Bonchev–Trinajstić information content (AvgIpc) is 2.72. The second kappa shape index (κ2) is 9.49. The van der Waals surface area contributed by atoms with E-state index in [0.717, 1.165) is 44.7 Å². The van der Waals surface area contributed by atoms with Crippen LogP contribution in [-0.2, 0) is 20.9 Å². The second-order valence-electron chi connectivity index (χ2n) is 7.54. The lowest BCUT2D eigenvalue weighted by atomic mass is 9.79. The summed E-state index contributed by atoms with van der Waals surface area (Å²) in [5.74, 6) is -0.0147. The molecule has 1 aromatic carbocycles. The van der Waals surface area contributed by atoms with Gasteiger partial charge in [0, 0.05) is 25.2 Å². The highest BCUT2D eigenvalue weighted by Crippen LogP contribution is 2.33. The van der Waals surface area contributed by atoms with Crippen molar-refractivity contribution in [2.45, 2.75) is 57.3 Å². The first-order valence-corrected chi connectivity index (χ1v) is 9.96. The lowest BCUT2D eigenvalue weighted by Crippen LogP contribution is -2.60. The van der Waals surface area contributed by atoms with Crippen LogP contribution in [0.15, 0.2) is 30.3 Å². The number of benzene rings is 1. The van der Waals surface area contributed by atoms with Crippen molar-refractivity contribution in [3.05, 3.63) is 35.9 Å². The van der Waals surface area contributed by atoms with E-state index in [1.807, 2.05) is 37.3 Å². The van der Waals surface area contributed by atoms with Gasteiger partial charge in [-0.2, -0.15) is 0 Å². The Labute approximate surface area is 157 Å². The molecule has 26 heavy (non-hydrogen) atoms. The molecule has 0 aromatic heterocycles. The second-order valence-corrected chi connectivity index (χ2v) is 7.54. The summed E-state index contributed by atoms with van der Waals surface area (Å²) in [6, 6.07) is 9.98. The van der Waals surface area contributed by atoms with Gasteiger partial charge in [0.1, 0.15) is 6.10 Å². The van der Waals surface area contributed by atoms with Crippen molar-refractivity contribution in [3.8, 4) is 0 Å². The fourth-order valence-electron chi connectivity index (χ4n) is 4.12. The molecule has 1 atom stereocenters. The molecule has 5 nitrogen and oxygen atoms in total. The molecule has 0 radical (unpaired) electrons. The first-order valence-electron chi connectivity index (χ1n) is 9.96. The Morgan fingerprint density at radius 2 is 1.88 bits per heavy atom. The molecule has 1 saturated heterocycles. The smallest absolute Gasteiger partial charge is 0.248 e. The molecule has 2 fully saturated rings. The highest BCUT2D eigenvalue weighted by atomic mass is 16.5. The summed E-state index contributed by atoms with van der Waals surface area (Å²) >= 11 is 0. The molecule has 0 unspecified atom stereocenters. The Morgan fingerprint density at radius 1 is 1.19 bits per heavy atom. The van der Waals surface area contributed by atoms with Gasteiger partial charge < -0.3 is 14.8 Å². The van der Waals surface area contributed by atoms with Crippen molar-refractivity contribution >= 4 is 5.91 Å². The van der Waals surface area contributed by atoms with E-state index in [-0.39, 0.29) is 11.4 Å². The molecule has 0 bridgehead atoms. The predicted octanol–water partition coefficient (Wildman–Crippen LogP) is 2.74. The largest absolute Gasteiger partial charge is 0.379 e. The third-order valence-electron chi connectivity index (χ3n) is 5.77. The van der Waals surface area contributed by atoms with Gasteiger partial charge in [-0.15, -0.1) is 0 Å². The summed E-state index contributed by atoms with van der Waals surface area (Å²) in [5, 5.41) is 3.18. The maximum absolute atomic E-state index is 12.6. The predicted molar refractivity (Wildman–Crippen MR) is 102 cm³/mol. The molecule has 2 aliphatic rings. The molecule has 1 amide bonds. The van der Waals surface area contributed by atoms with Gasteiger partial charge in [0.05, 0.1) is 19.8 Å². The minimum absolute atomic E-state index is 0.0147. The topological polar surface area (TPSA) is 50.8 Å². The molecule has 1 heterocycles. The lowest BCUT2D eigenvalue weighted by Gasteiger charge is -2.48. The third kappa shape index (κ3) is 5.06. The van der Waals surface area contributed by atoms with Crippen LogP contribution in [0, 0.1) is 0 Å². The van der Waals surface area contributed by atoms with Crippen molar-refractivity contribution in [1.29, 1.82) is 0 Å².